The van der Waals surface area contributed by atoms with Crippen LogP contribution in [-0.2, 0) is 0 Å². The zero-order chi connectivity index (χ0) is 15.6. The van der Waals surface area contributed by atoms with Crippen LogP contribution in [0.2, 0.25) is 5.02 Å². The molecule has 1 nitrogen and oxygen atoms in total. The van der Waals surface area contributed by atoms with Crippen molar-refractivity contribution in [1.82, 2.24) is 5.32 Å². The summed E-state index contributed by atoms with van der Waals surface area (Å²) in [6.45, 7) is 6.62. The first-order chi connectivity index (χ1) is 9.93. The van der Waals surface area contributed by atoms with Gasteiger partial charge in [0.05, 0.1) is 11.1 Å². The van der Waals surface area contributed by atoms with Gasteiger partial charge in [0.2, 0.25) is 0 Å². The van der Waals surface area contributed by atoms with Gasteiger partial charge in [-0.2, -0.15) is 0 Å². The molecular formula is C17H18ClFIN. The molecule has 0 bridgehead atoms. The minimum atomic E-state index is -0.190. The highest BCUT2D eigenvalue weighted by Gasteiger charge is 2.20. The summed E-state index contributed by atoms with van der Waals surface area (Å²) in [6, 6.07) is 9.28. The Labute approximate surface area is 144 Å². The zero-order valence-corrected chi connectivity index (χ0v) is 15.2. The third-order valence-electron chi connectivity index (χ3n) is 3.45. The van der Waals surface area contributed by atoms with Gasteiger partial charge in [0.1, 0.15) is 5.82 Å². The van der Waals surface area contributed by atoms with Crippen molar-refractivity contribution in [3.05, 3.63) is 67.0 Å². The molecule has 0 amide bonds. The van der Waals surface area contributed by atoms with Gasteiger partial charge in [0.25, 0.3) is 0 Å². The molecule has 2 rings (SSSR count). The molecule has 0 aromatic heterocycles. The predicted molar refractivity (Wildman–Crippen MR) is 95.6 cm³/mol. The van der Waals surface area contributed by atoms with Gasteiger partial charge in [-0.15, -0.1) is 0 Å². The summed E-state index contributed by atoms with van der Waals surface area (Å²) in [4.78, 5) is 0. The van der Waals surface area contributed by atoms with Crippen LogP contribution in [0.4, 0.5) is 4.39 Å². The van der Waals surface area contributed by atoms with Crippen molar-refractivity contribution < 1.29 is 4.39 Å². The first-order valence-corrected chi connectivity index (χ1v) is 8.34. The Morgan fingerprint density at radius 3 is 2.52 bits per heavy atom. The molecular weight excluding hydrogens is 400 g/mol. The van der Waals surface area contributed by atoms with E-state index in [0.29, 0.717) is 10.6 Å². The smallest absolute Gasteiger partial charge is 0.128 e. The van der Waals surface area contributed by atoms with Crippen molar-refractivity contribution in [2.75, 3.05) is 6.54 Å². The lowest BCUT2D eigenvalue weighted by Gasteiger charge is -2.22. The number of benzene rings is 2. The van der Waals surface area contributed by atoms with E-state index in [1.165, 1.54) is 0 Å². The van der Waals surface area contributed by atoms with E-state index in [1.54, 1.807) is 6.07 Å². The second-order valence-electron chi connectivity index (χ2n) is 5.14. The summed E-state index contributed by atoms with van der Waals surface area (Å²) >= 11 is 8.41. The molecule has 1 unspecified atom stereocenters. The van der Waals surface area contributed by atoms with Crippen LogP contribution in [0, 0.1) is 23.2 Å². The van der Waals surface area contributed by atoms with Gasteiger partial charge in [-0.3, -0.25) is 0 Å². The predicted octanol–water partition coefficient (Wildman–Crippen LogP) is 5.40. The Hall–Kier alpha value is -0.650. The molecule has 0 radical (unpaired) electrons. The molecule has 2 aromatic carbocycles. The standard InChI is InChI=1S/C17H18ClFIN/c1-4-21-17(12-5-6-15(20)13(18)9-12)16-11(3)7-10(2)8-14(16)19/h5-9,17,21H,4H2,1-3H3. The monoisotopic (exact) mass is 417 g/mol. The maximum Gasteiger partial charge on any atom is 0.128 e. The van der Waals surface area contributed by atoms with Crippen LogP contribution in [0.5, 0.6) is 0 Å². The molecule has 1 atom stereocenters. The molecule has 0 saturated carbocycles. The van der Waals surface area contributed by atoms with Crippen molar-refractivity contribution >= 4 is 34.2 Å². The number of hydrogen-bond acceptors (Lipinski definition) is 1. The Morgan fingerprint density at radius 1 is 1.24 bits per heavy atom. The molecule has 4 heteroatoms. The lowest BCUT2D eigenvalue weighted by atomic mass is 9.93. The third-order valence-corrected chi connectivity index (χ3v) is 5.03. The van der Waals surface area contributed by atoms with Gasteiger partial charge in [-0.25, -0.2) is 4.39 Å². The summed E-state index contributed by atoms with van der Waals surface area (Å²) < 4.78 is 15.5. The average Bonchev–Trinajstić information content (AvgIpc) is 2.40. The van der Waals surface area contributed by atoms with Gasteiger partial charge in [-0.05, 0) is 77.9 Å². The number of nitrogens with one attached hydrogen (secondary N) is 1. The first kappa shape index (κ1) is 16.7. The topological polar surface area (TPSA) is 12.0 Å². The molecule has 112 valence electrons. The van der Waals surface area contributed by atoms with E-state index in [4.69, 9.17) is 11.6 Å². The highest BCUT2D eigenvalue weighted by molar-refractivity contribution is 14.1. The van der Waals surface area contributed by atoms with Crippen molar-refractivity contribution in [1.29, 1.82) is 0 Å². The fourth-order valence-electron chi connectivity index (χ4n) is 2.58. The minimum Gasteiger partial charge on any atom is -0.306 e. The van der Waals surface area contributed by atoms with Gasteiger partial charge in [-0.1, -0.05) is 30.7 Å². The second kappa shape index (κ2) is 7.07. The Morgan fingerprint density at radius 2 is 1.95 bits per heavy atom. The number of aryl methyl sites for hydroxylation is 2. The minimum absolute atomic E-state index is 0.173. The fourth-order valence-corrected chi connectivity index (χ4v) is 3.10. The molecule has 0 heterocycles. The van der Waals surface area contributed by atoms with E-state index in [9.17, 15) is 4.39 Å². The summed E-state index contributed by atoms with van der Waals surface area (Å²) in [5.74, 6) is -0.173. The normalized spacial score (nSPS) is 12.5. The van der Waals surface area contributed by atoms with E-state index in [1.807, 2.05) is 45.0 Å². The van der Waals surface area contributed by atoms with Gasteiger partial charge >= 0.3 is 0 Å². The van der Waals surface area contributed by atoms with Crippen molar-refractivity contribution in [2.45, 2.75) is 26.8 Å². The van der Waals surface area contributed by atoms with Crippen LogP contribution in [0.25, 0.3) is 0 Å². The van der Waals surface area contributed by atoms with E-state index >= 15 is 0 Å². The van der Waals surface area contributed by atoms with E-state index in [0.717, 1.165) is 26.8 Å². The molecule has 2 aromatic rings. The number of halogens is 3. The highest BCUT2D eigenvalue weighted by Crippen LogP contribution is 2.31. The lowest BCUT2D eigenvalue weighted by Crippen LogP contribution is -2.24. The summed E-state index contributed by atoms with van der Waals surface area (Å²) in [5, 5.41) is 4.06. The summed E-state index contributed by atoms with van der Waals surface area (Å²) in [5.41, 5.74) is 3.56. The van der Waals surface area contributed by atoms with E-state index in [-0.39, 0.29) is 11.9 Å². The lowest BCUT2D eigenvalue weighted by molar-refractivity contribution is 0.555. The Balaban J connectivity index is 2.55. The van der Waals surface area contributed by atoms with Crippen LogP contribution < -0.4 is 5.32 Å². The molecule has 1 N–H and O–H groups in total. The summed E-state index contributed by atoms with van der Waals surface area (Å²) in [6.07, 6.45) is 0. The SMILES string of the molecule is CCNC(c1ccc(I)c(Cl)c1)c1c(C)cc(C)cc1F. The molecule has 0 aliphatic carbocycles. The van der Waals surface area contributed by atoms with Crippen LogP contribution in [0.15, 0.2) is 30.3 Å². The maximum atomic E-state index is 14.5. The summed E-state index contributed by atoms with van der Waals surface area (Å²) in [7, 11) is 0. The average molecular weight is 418 g/mol. The van der Waals surface area contributed by atoms with Crippen LogP contribution >= 0.6 is 34.2 Å². The molecule has 0 aliphatic rings. The number of rotatable bonds is 4. The second-order valence-corrected chi connectivity index (χ2v) is 6.71. The quantitative estimate of drug-likeness (QED) is 0.657. The van der Waals surface area contributed by atoms with Crippen molar-refractivity contribution in [3.8, 4) is 0 Å². The largest absolute Gasteiger partial charge is 0.306 e. The zero-order valence-electron chi connectivity index (χ0n) is 12.3. The third kappa shape index (κ3) is 3.76. The van der Waals surface area contributed by atoms with Gasteiger partial charge < -0.3 is 5.32 Å². The van der Waals surface area contributed by atoms with Crippen LogP contribution in [0.1, 0.15) is 35.2 Å². The van der Waals surface area contributed by atoms with E-state index < -0.39 is 0 Å². The fraction of sp³-hybridized carbons (Fsp3) is 0.294. The molecule has 0 saturated heterocycles. The Bertz CT molecular complexity index is 634. The molecule has 0 fully saturated rings. The first-order valence-electron chi connectivity index (χ1n) is 6.89. The maximum absolute atomic E-state index is 14.5. The number of hydrogen-bond donors (Lipinski definition) is 1. The molecule has 21 heavy (non-hydrogen) atoms. The molecule has 0 spiro atoms. The highest BCUT2D eigenvalue weighted by atomic mass is 127. The van der Waals surface area contributed by atoms with Crippen LogP contribution in [-0.4, -0.2) is 6.54 Å². The van der Waals surface area contributed by atoms with Crippen molar-refractivity contribution in [3.63, 3.8) is 0 Å². The van der Waals surface area contributed by atoms with E-state index in [2.05, 4.69) is 27.9 Å². The van der Waals surface area contributed by atoms with Gasteiger partial charge in [0.15, 0.2) is 0 Å². The molecule has 0 aliphatic heterocycles. The van der Waals surface area contributed by atoms with Gasteiger partial charge in [0, 0.05) is 9.13 Å². The van der Waals surface area contributed by atoms with Crippen LogP contribution in [0.3, 0.4) is 0 Å². The Kier molecular flexibility index (Phi) is 5.63. The van der Waals surface area contributed by atoms with Crippen molar-refractivity contribution in [2.24, 2.45) is 0 Å².